The average molecular weight is 251 g/mol. The van der Waals surface area contributed by atoms with Gasteiger partial charge in [0.15, 0.2) is 0 Å². The molecule has 0 spiro atoms. The van der Waals surface area contributed by atoms with Gasteiger partial charge in [0.25, 0.3) is 0 Å². The lowest BCUT2D eigenvalue weighted by atomic mass is 9.95. The Hall–Kier alpha value is -1.22. The highest BCUT2D eigenvalue weighted by molar-refractivity contribution is 5.48. The van der Waals surface area contributed by atoms with Crippen LogP contribution in [0.2, 0.25) is 0 Å². The molecule has 1 aromatic rings. The first-order valence-corrected chi connectivity index (χ1v) is 6.58. The maximum absolute atomic E-state index is 9.21. The van der Waals surface area contributed by atoms with Gasteiger partial charge < -0.3 is 15.2 Å². The van der Waals surface area contributed by atoms with Crippen molar-refractivity contribution in [2.24, 2.45) is 5.41 Å². The SMILES string of the molecule is CCC(C)Oc1cccc(NCC(C)(C)CO)c1. The van der Waals surface area contributed by atoms with Crippen LogP contribution >= 0.6 is 0 Å². The summed E-state index contributed by atoms with van der Waals surface area (Å²) in [6, 6.07) is 7.96. The molecule has 1 rings (SSSR count). The van der Waals surface area contributed by atoms with E-state index in [0.717, 1.165) is 24.4 Å². The Morgan fingerprint density at radius 1 is 1.39 bits per heavy atom. The predicted octanol–water partition coefficient (Wildman–Crippen LogP) is 3.29. The van der Waals surface area contributed by atoms with Gasteiger partial charge in [-0.25, -0.2) is 0 Å². The fourth-order valence-corrected chi connectivity index (χ4v) is 1.39. The lowest BCUT2D eigenvalue weighted by Gasteiger charge is -2.23. The molecular formula is C15H25NO2. The van der Waals surface area contributed by atoms with Crippen molar-refractivity contribution in [2.75, 3.05) is 18.5 Å². The topological polar surface area (TPSA) is 41.5 Å². The molecule has 0 saturated carbocycles. The summed E-state index contributed by atoms with van der Waals surface area (Å²) in [5, 5.41) is 12.5. The van der Waals surface area contributed by atoms with Crippen molar-refractivity contribution in [2.45, 2.75) is 40.2 Å². The number of ether oxygens (including phenoxy) is 1. The molecule has 0 saturated heterocycles. The molecule has 1 aromatic carbocycles. The molecule has 0 amide bonds. The molecule has 3 heteroatoms. The molecule has 2 N–H and O–H groups in total. The van der Waals surface area contributed by atoms with Crippen LogP contribution in [-0.4, -0.2) is 24.4 Å². The minimum atomic E-state index is -0.117. The number of nitrogens with one attached hydrogen (secondary N) is 1. The number of aliphatic hydroxyl groups is 1. The normalized spacial score (nSPS) is 13.2. The smallest absolute Gasteiger partial charge is 0.121 e. The Morgan fingerprint density at radius 3 is 2.72 bits per heavy atom. The van der Waals surface area contributed by atoms with Crippen LogP contribution in [0.15, 0.2) is 24.3 Å². The summed E-state index contributed by atoms with van der Waals surface area (Å²) in [5.41, 5.74) is 0.908. The minimum Gasteiger partial charge on any atom is -0.491 e. The molecule has 0 bridgehead atoms. The molecule has 0 radical (unpaired) electrons. The molecule has 0 aliphatic carbocycles. The number of benzene rings is 1. The zero-order valence-electron chi connectivity index (χ0n) is 11.9. The highest BCUT2D eigenvalue weighted by atomic mass is 16.5. The summed E-state index contributed by atoms with van der Waals surface area (Å²) in [7, 11) is 0. The Kier molecular flexibility index (Phi) is 5.48. The van der Waals surface area contributed by atoms with Gasteiger partial charge >= 0.3 is 0 Å². The highest BCUT2D eigenvalue weighted by Crippen LogP contribution is 2.21. The van der Waals surface area contributed by atoms with E-state index in [9.17, 15) is 5.11 Å². The van der Waals surface area contributed by atoms with Crippen molar-refractivity contribution in [1.82, 2.24) is 0 Å². The summed E-state index contributed by atoms with van der Waals surface area (Å²) in [4.78, 5) is 0. The fraction of sp³-hybridized carbons (Fsp3) is 0.600. The third-order valence-electron chi connectivity index (χ3n) is 2.95. The van der Waals surface area contributed by atoms with Crippen LogP contribution in [0.25, 0.3) is 0 Å². The molecule has 0 fully saturated rings. The Bertz CT molecular complexity index is 363. The van der Waals surface area contributed by atoms with E-state index >= 15 is 0 Å². The van der Waals surface area contributed by atoms with E-state index < -0.39 is 0 Å². The molecule has 3 nitrogen and oxygen atoms in total. The van der Waals surface area contributed by atoms with Crippen LogP contribution in [0.4, 0.5) is 5.69 Å². The van der Waals surface area contributed by atoms with Crippen LogP contribution in [0.3, 0.4) is 0 Å². The third kappa shape index (κ3) is 4.96. The van der Waals surface area contributed by atoms with E-state index in [1.165, 1.54) is 0 Å². The van der Waals surface area contributed by atoms with Gasteiger partial charge in [-0.1, -0.05) is 26.8 Å². The summed E-state index contributed by atoms with van der Waals surface area (Å²) in [6.07, 6.45) is 1.23. The molecule has 1 atom stereocenters. The second-order valence-corrected chi connectivity index (χ2v) is 5.54. The van der Waals surface area contributed by atoms with Crippen molar-refractivity contribution in [3.05, 3.63) is 24.3 Å². The van der Waals surface area contributed by atoms with E-state index in [0.29, 0.717) is 0 Å². The molecule has 18 heavy (non-hydrogen) atoms. The van der Waals surface area contributed by atoms with E-state index in [2.05, 4.69) is 19.2 Å². The second kappa shape index (κ2) is 6.64. The van der Waals surface area contributed by atoms with Gasteiger partial charge in [-0.15, -0.1) is 0 Å². The minimum absolute atomic E-state index is 0.117. The number of hydrogen-bond donors (Lipinski definition) is 2. The van der Waals surface area contributed by atoms with Crippen LogP contribution < -0.4 is 10.1 Å². The van der Waals surface area contributed by atoms with Gasteiger partial charge in [0, 0.05) is 30.3 Å². The monoisotopic (exact) mass is 251 g/mol. The van der Waals surface area contributed by atoms with E-state index in [4.69, 9.17) is 4.74 Å². The van der Waals surface area contributed by atoms with Crippen LogP contribution in [0.1, 0.15) is 34.1 Å². The lowest BCUT2D eigenvalue weighted by Crippen LogP contribution is -2.26. The average Bonchev–Trinajstić information content (AvgIpc) is 2.37. The first-order chi connectivity index (χ1) is 8.46. The summed E-state index contributed by atoms with van der Waals surface area (Å²) in [6.45, 7) is 9.13. The number of hydrogen-bond acceptors (Lipinski definition) is 3. The van der Waals surface area contributed by atoms with E-state index in [1.807, 2.05) is 38.1 Å². The van der Waals surface area contributed by atoms with Gasteiger partial charge in [-0.2, -0.15) is 0 Å². The predicted molar refractivity (Wildman–Crippen MR) is 76.2 cm³/mol. The third-order valence-corrected chi connectivity index (χ3v) is 2.95. The molecule has 0 aliphatic heterocycles. The molecule has 102 valence electrons. The van der Waals surface area contributed by atoms with Crippen molar-refractivity contribution in [3.63, 3.8) is 0 Å². The van der Waals surface area contributed by atoms with Crippen molar-refractivity contribution in [1.29, 1.82) is 0 Å². The van der Waals surface area contributed by atoms with Crippen LogP contribution in [0.5, 0.6) is 5.75 Å². The highest BCUT2D eigenvalue weighted by Gasteiger charge is 2.15. The largest absolute Gasteiger partial charge is 0.491 e. The standard InChI is InChI=1S/C15H25NO2/c1-5-12(2)18-14-8-6-7-13(9-14)16-10-15(3,4)11-17/h6-9,12,16-17H,5,10-11H2,1-4H3. The molecule has 1 unspecified atom stereocenters. The number of rotatable bonds is 7. The lowest BCUT2D eigenvalue weighted by molar-refractivity contribution is 0.171. The quantitative estimate of drug-likeness (QED) is 0.781. The van der Waals surface area contributed by atoms with E-state index in [1.54, 1.807) is 0 Å². The van der Waals surface area contributed by atoms with Gasteiger partial charge in [-0.3, -0.25) is 0 Å². The first-order valence-electron chi connectivity index (χ1n) is 6.58. The Morgan fingerprint density at radius 2 is 2.11 bits per heavy atom. The molecule has 0 heterocycles. The molecule has 0 aliphatic rings. The number of aliphatic hydroxyl groups excluding tert-OH is 1. The zero-order valence-corrected chi connectivity index (χ0v) is 11.9. The van der Waals surface area contributed by atoms with Crippen molar-refractivity contribution < 1.29 is 9.84 Å². The Balaban J connectivity index is 2.59. The van der Waals surface area contributed by atoms with E-state index in [-0.39, 0.29) is 18.1 Å². The van der Waals surface area contributed by atoms with Gasteiger partial charge in [0.05, 0.1) is 6.10 Å². The van der Waals surface area contributed by atoms with Gasteiger partial charge in [-0.05, 0) is 25.5 Å². The molecular weight excluding hydrogens is 226 g/mol. The van der Waals surface area contributed by atoms with Gasteiger partial charge in [0.1, 0.15) is 5.75 Å². The van der Waals surface area contributed by atoms with Crippen LogP contribution in [-0.2, 0) is 0 Å². The van der Waals surface area contributed by atoms with Crippen LogP contribution in [0, 0.1) is 5.41 Å². The maximum Gasteiger partial charge on any atom is 0.121 e. The molecule has 0 aromatic heterocycles. The maximum atomic E-state index is 9.21. The fourth-order valence-electron chi connectivity index (χ4n) is 1.39. The van der Waals surface area contributed by atoms with Crippen molar-refractivity contribution in [3.8, 4) is 5.75 Å². The summed E-state index contributed by atoms with van der Waals surface area (Å²) < 4.78 is 5.77. The van der Waals surface area contributed by atoms with Gasteiger partial charge in [0.2, 0.25) is 0 Å². The summed E-state index contributed by atoms with van der Waals surface area (Å²) >= 11 is 0. The number of anilines is 1. The van der Waals surface area contributed by atoms with Crippen molar-refractivity contribution >= 4 is 5.69 Å². The second-order valence-electron chi connectivity index (χ2n) is 5.54. The Labute approximate surface area is 110 Å². The summed E-state index contributed by atoms with van der Waals surface area (Å²) in [5.74, 6) is 0.885. The first kappa shape index (κ1) is 14.8. The zero-order chi connectivity index (χ0) is 13.6.